The molecule has 172 valence electrons. The van der Waals surface area contributed by atoms with Gasteiger partial charge >= 0.3 is 0 Å². The molecule has 0 spiro atoms. The lowest BCUT2D eigenvalue weighted by Gasteiger charge is -2.30. The molecule has 1 unspecified atom stereocenters. The van der Waals surface area contributed by atoms with E-state index in [9.17, 15) is 9.59 Å². The quantitative estimate of drug-likeness (QED) is 0.516. The van der Waals surface area contributed by atoms with Crippen molar-refractivity contribution in [1.29, 1.82) is 0 Å². The highest BCUT2D eigenvalue weighted by Crippen LogP contribution is 2.22. The molecule has 1 aliphatic carbocycles. The van der Waals surface area contributed by atoms with Crippen molar-refractivity contribution in [3.8, 4) is 5.75 Å². The van der Waals surface area contributed by atoms with Gasteiger partial charge < -0.3 is 15.0 Å². The fraction of sp³-hybridized carbons (Fsp3) is 0.462. The summed E-state index contributed by atoms with van der Waals surface area (Å²) >= 11 is 1.67. The number of thioether (sulfide) groups is 1. The molecule has 1 fully saturated rings. The molecule has 32 heavy (non-hydrogen) atoms. The summed E-state index contributed by atoms with van der Waals surface area (Å²) in [5.74, 6) is 1.38. The van der Waals surface area contributed by atoms with Gasteiger partial charge in [0.15, 0.2) is 0 Å². The molecule has 0 saturated heterocycles. The van der Waals surface area contributed by atoms with Crippen LogP contribution in [0.25, 0.3) is 0 Å². The summed E-state index contributed by atoms with van der Waals surface area (Å²) in [6, 6.07) is 15.7. The van der Waals surface area contributed by atoms with Gasteiger partial charge in [0.1, 0.15) is 11.8 Å². The molecule has 1 aliphatic rings. The molecule has 2 aromatic carbocycles. The van der Waals surface area contributed by atoms with Crippen LogP contribution in [0.2, 0.25) is 0 Å². The molecule has 1 N–H and O–H groups in total. The van der Waals surface area contributed by atoms with Gasteiger partial charge in [-0.05, 0) is 56.5 Å². The number of amides is 2. The Kier molecular flexibility index (Phi) is 9.03. The Hall–Kier alpha value is -2.47. The lowest BCUT2D eigenvalue weighted by atomic mass is 10.1. The van der Waals surface area contributed by atoms with Gasteiger partial charge in [-0.25, -0.2) is 0 Å². The minimum absolute atomic E-state index is 0.00509. The number of carbonyl (C=O) groups excluding carboxylic acids is 2. The van der Waals surface area contributed by atoms with E-state index < -0.39 is 6.04 Å². The zero-order chi connectivity index (χ0) is 22.9. The number of nitrogens with zero attached hydrogens (tertiary/aromatic N) is 1. The Balaban J connectivity index is 1.65. The molecule has 1 saturated carbocycles. The molecule has 1 atom stereocenters. The Morgan fingerprint density at radius 1 is 1.09 bits per heavy atom. The van der Waals surface area contributed by atoms with Crippen LogP contribution in [0.3, 0.4) is 0 Å². The average Bonchev–Trinajstić information content (AvgIpc) is 3.31. The summed E-state index contributed by atoms with van der Waals surface area (Å²) in [4.78, 5) is 29.0. The third kappa shape index (κ3) is 7.02. The van der Waals surface area contributed by atoms with E-state index in [0.717, 1.165) is 41.9 Å². The largest absolute Gasteiger partial charge is 0.497 e. The molecule has 0 radical (unpaired) electrons. The Morgan fingerprint density at radius 2 is 1.75 bits per heavy atom. The normalized spacial score (nSPS) is 14.7. The molecule has 0 bridgehead atoms. The van der Waals surface area contributed by atoms with Crippen molar-refractivity contribution < 1.29 is 14.3 Å². The summed E-state index contributed by atoms with van der Waals surface area (Å²) in [7, 11) is 1.63. The molecule has 0 aromatic heterocycles. The number of aryl methyl sites for hydroxylation is 1. The fourth-order valence-corrected chi connectivity index (χ4v) is 4.78. The van der Waals surface area contributed by atoms with Crippen molar-refractivity contribution in [2.24, 2.45) is 0 Å². The minimum Gasteiger partial charge on any atom is -0.497 e. The van der Waals surface area contributed by atoms with Gasteiger partial charge in [-0.3, -0.25) is 9.59 Å². The summed E-state index contributed by atoms with van der Waals surface area (Å²) in [6.07, 6.45) is 4.75. The van der Waals surface area contributed by atoms with Crippen LogP contribution in [0, 0.1) is 6.92 Å². The molecule has 6 heteroatoms. The van der Waals surface area contributed by atoms with Gasteiger partial charge in [0, 0.05) is 29.7 Å². The maximum absolute atomic E-state index is 13.2. The van der Waals surface area contributed by atoms with Gasteiger partial charge in [0.2, 0.25) is 11.8 Å². The fourth-order valence-electron chi connectivity index (χ4n) is 3.94. The highest BCUT2D eigenvalue weighted by molar-refractivity contribution is 7.99. The lowest BCUT2D eigenvalue weighted by molar-refractivity contribution is -0.140. The standard InChI is InChI=1S/C26H34N2O3S/c1-19-8-14-24(15-9-19)32-17-16-25(29)28(18-21-10-12-23(31-3)13-11-21)20(2)26(30)27-22-6-4-5-7-22/h8-15,20,22H,4-7,16-18H2,1-3H3,(H,27,30). The van der Waals surface area contributed by atoms with E-state index >= 15 is 0 Å². The number of hydrogen-bond acceptors (Lipinski definition) is 4. The number of nitrogens with one attached hydrogen (secondary N) is 1. The van der Waals surface area contributed by atoms with E-state index in [-0.39, 0.29) is 17.9 Å². The third-order valence-corrected chi connectivity index (χ3v) is 7.00. The molecule has 5 nitrogen and oxygen atoms in total. The van der Waals surface area contributed by atoms with Crippen molar-refractivity contribution in [2.75, 3.05) is 12.9 Å². The number of hydrogen-bond donors (Lipinski definition) is 1. The summed E-state index contributed by atoms with van der Waals surface area (Å²) in [5, 5.41) is 3.15. The van der Waals surface area contributed by atoms with Gasteiger partial charge in [-0.15, -0.1) is 11.8 Å². The zero-order valence-electron chi connectivity index (χ0n) is 19.3. The van der Waals surface area contributed by atoms with Crippen LogP contribution in [-0.2, 0) is 16.1 Å². The van der Waals surface area contributed by atoms with Crippen LogP contribution < -0.4 is 10.1 Å². The van der Waals surface area contributed by atoms with Crippen molar-refractivity contribution in [1.82, 2.24) is 10.2 Å². The summed E-state index contributed by atoms with van der Waals surface area (Å²) in [5.41, 5.74) is 2.20. The van der Waals surface area contributed by atoms with Crippen LogP contribution in [0.1, 0.15) is 50.2 Å². The first kappa shape index (κ1) is 24.2. The highest BCUT2D eigenvalue weighted by Gasteiger charge is 2.28. The molecule has 2 amide bonds. The minimum atomic E-state index is -0.519. The predicted octanol–water partition coefficient (Wildman–Crippen LogP) is 4.96. The van der Waals surface area contributed by atoms with E-state index in [1.165, 1.54) is 5.56 Å². The number of ether oxygens (including phenoxy) is 1. The van der Waals surface area contributed by atoms with Crippen LogP contribution in [0.4, 0.5) is 0 Å². The SMILES string of the molecule is COc1ccc(CN(C(=O)CCSc2ccc(C)cc2)C(C)C(=O)NC2CCCC2)cc1. The number of rotatable bonds is 10. The van der Waals surface area contributed by atoms with Crippen molar-refractivity contribution in [3.63, 3.8) is 0 Å². The van der Waals surface area contributed by atoms with E-state index in [1.54, 1.807) is 23.8 Å². The van der Waals surface area contributed by atoms with Crippen LogP contribution in [0.5, 0.6) is 5.75 Å². The Labute approximate surface area is 195 Å². The zero-order valence-corrected chi connectivity index (χ0v) is 20.1. The smallest absolute Gasteiger partial charge is 0.242 e. The second kappa shape index (κ2) is 12.0. The molecule has 3 rings (SSSR count). The molecular formula is C26H34N2O3S. The monoisotopic (exact) mass is 454 g/mol. The van der Waals surface area contributed by atoms with Crippen LogP contribution in [0.15, 0.2) is 53.4 Å². The molecule has 0 aliphatic heterocycles. The highest BCUT2D eigenvalue weighted by atomic mass is 32.2. The van der Waals surface area contributed by atoms with E-state index in [2.05, 4.69) is 36.5 Å². The Morgan fingerprint density at radius 3 is 2.38 bits per heavy atom. The second-order valence-corrected chi connectivity index (χ2v) is 9.62. The van der Waals surface area contributed by atoms with Crippen LogP contribution >= 0.6 is 11.8 Å². The van der Waals surface area contributed by atoms with Gasteiger partial charge in [0.05, 0.1) is 7.11 Å². The van der Waals surface area contributed by atoms with Crippen molar-refractivity contribution >= 4 is 23.6 Å². The number of carbonyl (C=O) groups is 2. The third-order valence-electron chi connectivity index (χ3n) is 5.99. The van der Waals surface area contributed by atoms with Crippen LogP contribution in [-0.4, -0.2) is 41.7 Å². The lowest BCUT2D eigenvalue weighted by Crippen LogP contribution is -2.49. The molecule has 2 aromatic rings. The number of methoxy groups -OCH3 is 1. The maximum atomic E-state index is 13.2. The van der Waals surface area contributed by atoms with E-state index in [1.807, 2.05) is 31.2 Å². The first-order valence-corrected chi connectivity index (χ1v) is 12.4. The van der Waals surface area contributed by atoms with Crippen molar-refractivity contribution in [2.45, 2.75) is 69.5 Å². The number of benzene rings is 2. The topological polar surface area (TPSA) is 58.6 Å². The van der Waals surface area contributed by atoms with Gasteiger partial charge in [0.25, 0.3) is 0 Å². The van der Waals surface area contributed by atoms with E-state index in [4.69, 9.17) is 4.74 Å². The van der Waals surface area contributed by atoms with E-state index in [0.29, 0.717) is 18.7 Å². The molecular weight excluding hydrogens is 420 g/mol. The molecule has 0 heterocycles. The van der Waals surface area contributed by atoms with Gasteiger partial charge in [-0.1, -0.05) is 42.7 Å². The summed E-state index contributed by atoms with van der Waals surface area (Å²) in [6.45, 7) is 4.29. The first-order chi connectivity index (χ1) is 15.5. The second-order valence-electron chi connectivity index (χ2n) is 8.45. The van der Waals surface area contributed by atoms with Gasteiger partial charge in [-0.2, -0.15) is 0 Å². The Bertz CT molecular complexity index is 877. The maximum Gasteiger partial charge on any atom is 0.242 e. The van der Waals surface area contributed by atoms with Crippen molar-refractivity contribution in [3.05, 3.63) is 59.7 Å². The predicted molar refractivity (Wildman–Crippen MR) is 130 cm³/mol. The first-order valence-electron chi connectivity index (χ1n) is 11.4. The average molecular weight is 455 g/mol. The summed E-state index contributed by atoms with van der Waals surface area (Å²) < 4.78 is 5.24.